The first-order chi connectivity index (χ1) is 16.5. The van der Waals surface area contributed by atoms with Crippen LogP contribution in [0.1, 0.15) is 49.8 Å². The summed E-state index contributed by atoms with van der Waals surface area (Å²) in [4.78, 5) is 31.9. The minimum Gasteiger partial charge on any atom is -0.385 e. The fourth-order valence-electron chi connectivity index (χ4n) is 4.07. The highest BCUT2D eigenvalue weighted by Crippen LogP contribution is 2.22. The van der Waals surface area contributed by atoms with Crippen LogP contribution in [0.2, 0.25) is 5.02 Å². The van der Waals surface area contributed by atoms with Crippen molar-refractivity contribution in [3.8, 4) is 0 Å². The predicted molar refractivity (Wildman–Crippen MR) is 137 cm³/mol. The third-order valence-corrected chi connectivity index (χ3v) is 6.15. The van der Waals surface area contributed by atoms with Gasteiger partial charge in [-0.2, -0.15) is 0 Å². The van der Waals surface area contributed by atoms with E-state index < -0.39 is 6.04 Å². The Morgan fingerprint density at radius 1 is 1.06 bits per heavy atom. The molecule has 0 unspecified atom stereocenters. The number of ether oxygens (including phenoxy) is 1. The second kappa shape index (κ2) is 13.2. The number of nitrogens with one attached hydrogen (secondary N) is 2. The molecule has 34 heavy (non-hydrogen) atoms. The summed E-state index contributed by atoms with van der Waals surface area (Å²) in [6, 6.07) is 14.2. The first-order valence-electron chi connectivity index (χ1n) is 11.9. The van der Waals surface area contributed by atoms with Gasteiger partial charge in [-0.1, -0.05) is 61.7 Å². The van der Waals surface area contributed by atoms with Gasteiger partial charge in [-0.15, -0.1) is 0 Å². The lowest BCUT2D eigenvalue weighted by atomic mass is 10.0. The van der Waals surface area contributed by atoms with Gasteiger partial charge >= 0.3 is 0 Å². The van der Waals surface area contributed by atoms with Crippen LogP contribution < -0.4 is 5.32 Å². The molecular weight excluding hydrogens is 450 g/mol. The van der Waals surface area contributed by atoms with Crippen LogP contribution in [0.25, 0.3) is 10.9 Å². The highest BCUT2D eigenvalue weighted by Gasteiger charge is 2.27. The second-order valence-electron chi connectivity index (χ2n) is 8.47. The lowest BCUT2D eigenvalue weighted by molar-refractivity contribution is -0.136. The van der Waals surface area contributed by atoms with E-state index in [2.05, 4.69) is 17.2 Å². The van der Waals surface area contributed by atoms with Gasteiger partial charge < -0.3 is 19.9 Å². The summed E-state index contributed by atoms with van der Waals surface area (Å²) in [6.45, 7) is 3.95. The van der Waals surface area contributed by atoms with E-state index in [0.29, 0.717) is 30.3 Å². The van der Waals surface area contributed by atoms with Gasteiger partial charge in [0.05, 0.1) is 6.42 Å². The summed E-state index contributed by atoms with van der Waals surface area (Å²) in [5.74, 6) is -0.315. The molecule has 0 aliphatic carbocycles. The average Bonchev–Trinajstić information content (AvgIpc) is 3.25. The average molecular weight is 484 g/mol. The molecule has 1 heterocycles. The van der Waals surface area contributed by atoms with Gasteiger partial charge in [0.25, 0.3) is 0 Å². The zero-order chi connectivity index (χ0) is 24.3. The number of nitrogens with zero attached hydrogens (tertiary/aromatic N) is 1. The maximum atomic E-state index is 13.7. The molecule has 0 bridgehead atoms. The first kappa shape index (κ1) is 25.8. The van der Waals surface area contributed by atoms with Crippen molar-refractivity contribution >= 4 is 34.3 Å². The minimum absolute atomic E-state index is 0.109. The Morgan fingerprint density at radius 3 is 2.53 bits per heavy atom. The molecule has 0 aliphatic heterocycles. The molecule has 182 valence electrons. The molecule has 0 aliphatic rings. The summed E-state index contributed by atoms with van der Waals surface area (Å²) in [5.41, 5.74) is 2.60. The molecule has 0 radical (unpaired) electrons. The van der Waals surface area contributed by atoms with Crippen LogP contribution in [0.3, 0.4) is 0 Å². The lowest BCUT2D eigenvalue weighted by Crippen LogP contribution is -2.44. The normalized spacial score (nSPS) is 12.0. The molecule has 3 aromatic rings. The number of methoxy groups -OCH3 is 1. The van der Waals surface area contributed by atoms with E-state index in [0.717, 1.165) is 42.1 Å². The predicted octanol–water partition coefficient (Wildman–Crippen LogP) is 5.28. The lowest BCUT2D eigenvalue weighted by Gasteiger charge is -2.28. The number of rotatable bonds is 13. The number of carbonyl (C=O) groups excluding carboxylic acids is 2. The maximum absolute atomic E-state index is 13.7. The monoisotopic (exact) mass is 483 g/mol. The minimum atomic E-state index is -0.779. The van der Waals surface area contributed by atoms with Crippen molar-refractivity contribution in [2.75, 3.05) is 26.8 Å². The molecule has 6 nitrogen and oxygen atoms in total. The molecule has 3 rings (SSSR count). The Bertz CT molecular complexity index is 1050. The molecule has 0 fully saturated rings. The Hall–Kier alpha value is -2.83. The number of aromatic amines is 1. The zero-order valence-electron chi connectivity index (χ0n) is 20.0. The fourth-order valence-corrected chi connectivity index (χ4v) is 4.20. The molecule has 0 spiro atoms. The Balaban J connectivity index is 1.80. The SMILES string of the molecule is CCCCCN(CCCOC)C(=O)[C@H](NC(=O)Cc1c[nH]c2ccccc12)c1ccc(Cl)cc1. The largest absolute Gasteiger partial charge is 0.385 e. The zero-order valence-corrected chi connectivity index (χ0v) is 20.7. The van der Waals surface area contributed by atoms with Gasteiger partial charge in [0.15, 0.2) is 0 Å². The molecule has 7 heteroatoms. The number of H-pyrrole nitrogens is 1. The van der Waals surface area contributed by atoms with Crippen molar-refractivity contribution < 1.29 is 14.3 Å². The summed E-state index contributed by atoms with van der Waals surface area (Å²) in [7, 11) is 1.66. The molecule has 2 amide bonds. The number of para-hydroxylation sites is 1. The van der Waals surface area contributed by atoms with Crippen molar-refractivity contribution in [3.05, 3.63) is 70.9 Å². The number of aromatic nitrogens is 1. The van der Waals surface area contributed by atoms with Crippen LogP contribution in [0.5, 0.6) is 0 Å². The molecule has 2 N–H and O–H groups in total. The van der Waals surface area contributed by atoms with Crippen molar-refractivity contribution in [3.63, 3.8) is 0 Å². The molecule has 1 aromatic heterocycles. The van der Waals surface area contributed by atoms with E-state index in [1.807, 2.05) is 35.4 Å². The van der Waals surface area contributed by atoms with Gasteiger partial charge in [-0.05, 0) is 42.2 Å². The Morgan fingerprint density at radius 2 is 1.79 bits per heavy atom. The summed E-state index contributed by atoms with van der Waals surface area (Å²) in [5, 5.41) is 4.59. The molecular formula is C27H34ClN3O3. The van der Waals surface area contributed by atoms with E-state index in [4.69, 9.17) is 16.3 Å². The van der Waals surface area contributed by atoms with Crippen molar-refractivity contribution in [1.29, 1.82) is 0 Å². The standard InChI is InChI=1S/C27H34ClN3O3/c1-3-4-7-15-31(16-8-17-34-2)27(33)26(20-11-13-22(28)14-12-20)30-25(32)18-21-19-29-24-10-6-5-9-23(21)24/h5-6,9-14,19,26,29H,3-4,7-8,15-18H2,1-2H3,(H,30,32)/t26-/m1/s1. The molecule has 0 saturated heterocycles. The van der Waals surface area contributed by atoms with Crippen LogP contribution in [0.4, 0.5) is 0 Å². The number of halogens is 1. The van der Waals surface area contributed by atoms with Gasteiger partial charge in [0, 0.05) is 48.9 Å². The van der Waals surface area contributed by atoms with Gasteiger partial charge in [0.2, 0.25) is 11.8 Å². The third-order valence-electron chi connectivity index (χ3n) is 5.90. The molecule has 0 saturated carbocycles. The molecule has 1 atom stereocenters. The van der Waals surface area contributed by atoms with Crippen molar-refractivity contribution in [2.24, 2.45) is 0 Å². The number of fused-ring (bicyclic) bond motifs is 1. The van der Waals surface area contributed by atoms with Crippen molar-refractivity contribution in [1.82, 2.24) is 15.2 Å². The summed E-state index contributed by atoms with van der Waals surface area (Å²) >= 11 is 6.08. The Kier molecular flexibility index (Phi) is 9.98. The van der Waals surface area contributed by atoms with E-state index >= 15 is 0 Å². The number of hydrogen-bond donors (Lipinski definition) is 2. The highest BCUT2D eigenvalue weighted by molar-refractivity contribution is 6.30. The fraction of sp³-hybridized carbons (Fsp3) is 0.407. The number of benzene rings is 2. The summed E-state index contributed by atoms with van der Waals surface area (Å²) in [6.07, 6.45) is 5.82. The number of carbonyl (C=O) groups is 2. The van der Waals surface area contributed by atoms with Crippen LogP contribution in [0, 0.1) is 0 Å². The van der Waals surface area contributed by atoms with Crippen LogP contribution in [-0.4, -0.2) is 48.5 Å². The maximum Gasteiger partial charge on any atom is 0.249 e. The smallest absolute Gasteiger partial charge is 0.249 e. The number of hydrogen-bond acceptors (Lipinski definition) is 3. The van der Waals surface area contributed by atoms with Gasteiger partial charge in [0.1, 0.15) is 6.04 Å². The van der Waals surface area contributed by atoms with Crippen LogP contribution in [0.15, 0.2) is 54.7 Å². The Labute approximate surface area is 206 Å². The van der Waals surface area contributed by atoms with Crippen LogP contribution in [-0.2, 0) is 20.7 Å². The van der Waals surface area contributed by atoms with E-state index in [9.17, 15) is 9.59 Å². The van der Waals surface area contributed by atoms with E-state index in [1.165, 1.54) is 0 Å². The quantitative estimate of drug-likeness (QED) is 0.325. The molecule has 2 aromatic carbocycles. The van der Waals surface area contributed by atoms with Crippen molar-refractivity contribution in [2.45, 2.75) is 45.1 Å². The highest BCUT2D eigenvalue weighted by atomic mass is 35.5. The second-order valence-corrected chi connectivity index (χ2v) is 8.90. The first-order valence-corrected chi connectivity index (χ1v) is 12.3. The van der Waals surface area contributed by atoms with E-state index in [1.54, 1.807) is 31.4 Å². The summed E-state index contributed by atoms with van der Waals surface area (Å²) < 4.78 is 5.19. The number of unbranched alkanes of at least 4 members (excludes halogenated alkanes) is 2. The van der Waals surface area contributed by atoms with E-state index in [-0.39, 0.29) is 18.2 Å². The third kappa shape index (κ3) is 7.08. The topological polar surface area (TPSA) is 74.4 Å². The van der Waals surface area contributed by atoms with Crippen LogP contribution >= 0.6 is 11.6 Å². The van der Waals surface area contributed by atoms with Gasteiger partial charge in [-0.3, -0.25) is 9.59 Å². The van der Waals surface area contributed by atoms with Gasteiger partial charge in [-0.25, -0.2) is 0 Å². The number of amides is 2.